The molecule has 1 N–H and O–H groups in total. The van der Waals surface area contributed by atoms with Gasteiger partial charge in [0.25, 0.3) is 5.91 Å². The molecule has 7 nitrogen and oxygen atoms in total. The van der Waals surface area contributed by atoms with Crippen molar-refractivity contribution in [2.75, 3.05) is 5.32 Å². The molecule has 1 aromatic carbocycles. The van der Waals surface area contributed by atoms with Crippen LogP contribution in [0.3, 0.4) is 0 Å². The highest BCUT2D eigenvalue weighted by Gasteiger charge is 2.18. The maximum Gasteiger partial charge on any atom is 0.291 e. The molecule has 4 rings (SSSR count). The van der Waals surface area contributed by atoms with Gasteiger partial charge in [-0.05, 0) is 49.7 Å². The molecular weight excluding hydrogens is 425 g/mol. The summed E-state index contributed by atoms with van der Waals surface area (Å²) in [5, 5.41) is 12.6. The number of carbonyl (C=O) groups excluding carboxylic acids is 1. The van der Waals surface area contributed by atoms with Crippen molar-refractivity contribution in [3.63, 3.8) is 0 Å². The lowest BCUT2D eigenvalue weighted by molar-refractivity contribution is 0.0994. The number of anilines is 1. The molecule has 0 fully saturated rings. The van der Waals surface area contributed by atoms with Crippen LogP contribution in [0.15, 0.2) is 53.2 Å². The first-order valence-corrected chi connectivity index (χ1v) is 10.0. The molecule has 3 heterocycles. The van der Waals surface area contributed by atoms with Crippen LogP contribution in [0.4, 0.5) is 5.69 Å². The number of hydrogen-bond donors (Lipinski definition) is 1. The molecule has 9 heteroatoms. The highest BCUT2D eigenvalue weighted by Crippen LogP contribution is 2.25. The Kier molecular flexibility index (Phi) is 5.65. The lowest BCUT2D eigenvalue weighted by atomic mass is 10.2. The predicted molar refractivity (Wildman–Crippen MR) is 115 cm³/mol. The van der Waals surface area contributed by atoms with Crippen LogP contribution in [-0.2, 0) is 13.1 Å². The minimum absolute atomic E-state index is 0.230. The van der Waals surface area contributed by atoms with E-state index in [9.17, 15) is 4.79 Å². The van der Waals surface area contributed by atoms with Crippen LogP contribution in [-0.4, -0.2) is 25.5 Å². The van der Waals surface area contributed by atoms with E-state index < -0.39 is 0 Å². The van der Waals surface area contributed by atoms with E-state index in [1.807, 2.05) is 42.9 Å². The minimum Gasteiger partial charge on any atom is -0.454 e. The number of aromatic nitrogens is 4. The molecule has 30 heavy (non-hydrogen) atoms. The van der Waals surface area contributed by atoms with Crippen LogP contribution >= 0.6 is 23.2 Å². The zero-order valence-corrected chi connectivity index (χ0v) is 17.9. The van der Waals surface area contributed by atoms with Gasteiger partial charge in [-0.2, -0.15) is 10.2 Å². The van der Waals surface area contributed by atoms with Crippen LogP contribution in [0.5, 0.6) is 0 Å². The van der Waals surface area contributed by atoms with E-state index in [1.165, 1.54) is 0 Å². The Morgan fingerprint density at radius 1 is 1.13 bits per heavy atom. The summed E-state index contributed by atoms with van der Waals surface area (Å²) in [5.41, 5.74) is 3.16. The Balaban J connectivity index is 1.48. The monoisotopic (exact) mass is 443 g/mol. The average Bonchev–Trinajstić information content (AvgIpc) is 3.44. The van der Waals surface area contributed by atoms with Crippen LogP contribution in [0, 0.1) is 13.8 Å². The fourth-order valence-corrected chi connectivity index (χ4v) is 3.48. The summed E-state index contributed by atoms with van der Waals surface area (Å²) in [7, 11) is 0. The molecule has 1 amide bonds. The van der Waals surface area contributed by atoms with Gasteiger partial charge < -0.3 is 9.73 Å². The van der Waals surface area contributed by atoms with Gasteiger partial charge in [0.15, 0.2) is 5.76 Å². The van der Waals surface area contributed by atoms with Crippen molar-refractivity contribution in [1.29, 1.82) is 0 Å². The number of halogens is 2. The van der Waals surface area contributed by atoms with Crippen molar-refractivity contribution in [2.45, 2.75) is 26.9 Å². The first-order chi connectivity index (χ1) is 14.4. The maximum absolute atomic E-state index is 12.7. The normalized spacial score (nSPS) is 11.1. The molecule has 0 radical (unpaired) electrons. The number of aryl methyl sites for hydroxylation is 1. The average molecular weight is 444 g/mol. The molecule has 0 saturated heterocycles. The number of furan rings is 1. The third kappa shape index (κ3) is 4.27. The van der Waals surface area contributed by atoms with E-state index in [0.717, 1.165) is 11.3 Å². The summed E-state index contributed by atoms with van der Waals surface area (Å²) in [6.07, 6.45) is 3.52. The van der Waals surface area contributed by atoms with Gasteiger partial charge in [-0.1, -0.05) is 29.3 Å². The molecule has 4 aromatic rings. The molecule has 154 valence electrons. The Morgan fingerprint density at radius 3 is 2.70 bits per heavy atom. The van der Waals surface area contributed by atoms with Crippen molar-refractivity contribution in [1.82, 2.24) is 19.6 Å². The Morgan fingerprint density at radius 2 is 1.97 bits per heavy atom. The van der Waals surface area contributed by atoms with Crippen LogP contribution < -0.4 is 5.32 Å². The second-order valence-electron chi connectivity index (χ2n) is 6.88. The Labute approximate surface area is 183 Å². The Hall–Kier alpha value is -3.03. The van der Waals surface area contributed by atoms with Crippen molar-refractivity contribution in [3.05, 3.63) is 87.3 Å². The fraction of sp³-hybridized carbons (Fsp3) is 0.190. The molecule has 0 spiro atoms. The second kappa shape index (κ2) is 8.38. The predicted octanol–water partition coefficient (Wildman–Crippen LogP) is 4.95. The molecule has 0 atom stereocenters. The fourth-order valence-electron chi connectivity index (χ4n) is 3.16. The summed E-state index contributed by atoms with van der Waals surface area (Å²) in [4.78, 5) is 12.7. The zero-order chi connectivity index (χ0) is 21.3. The lowest BCUT2D eigenvalue weighted by Gasteiger charge is -2.07. The summed E-state index contributed by atoms with van der Waals surface area (Å²) in [5.74, 6) is 0.544. The van der Waals surface area contributed by atoms with Gasteiger partial charge in [0, 0.05) is 12.4 Å². The lowest BCUT2D eigenvalue weighted by Crippen LogP contribution is -2.12. The van der Waals surface area contributed by atoms with Crippen molar-refractivity contribution < 1.29 is 9.21 Å². The van der Waals surface area contributed by atoms with Crippen LogP contribution in [0.2, 0.25) is 10.0 Å². The summed E-state index contributed by atoms with van der Waals surface area (Å²) < 4.78 is 9.21. The molecule has 0 aliphatic heterocycles. The third-order valence-corrected chi connectivity index (χ3v) is 5.44. The van der Waals surface area contributed by atoms with E-state index in [0.29, 0.717) is 40.3 Å². The van der Waals surface area contributed by atoms with Gasteiger partial charge in [-0.15, -0.1) is 0 Å². The molecule has 0 aliphatic rings. The first-order valence-electron chi connectivity index (χ1n) is 9.26. The topological polar surface area (TPSA) is 77.9 Å². The van der Waals surface area contributed by atoms with E-state index >= 15 is 0 Å². The number of carbonyl (C=O) groups is 1. The number of hydrogen-bond acceptors (Lipinski definition) is 4. The van der Waals surface area contributed by atoms with E-state index in [2.05, 4.69) is 15.5 Å². The number of nitrogens with zero attached hydrogens (tertiary/aromatic N) is 4. The van der Waals surface area contributed by atoms with E-state index in [-0.39, 0.29) is 11.7 Å². The highest BCUT2D eigenvalue weighted by atomic mass is 35.5. The van der Waals surface area contributed by atoms with E-state index in [1.54, 1.807) is 29.1 Å². The van der Waals surface area contributed by atoms with Crippen LogP contribution in [0.1, 0.15) is 33.3 Å². The minimum atomic E-state index is -0.331. The standard InChI is InChI=1S/C21H19Cl2N5O2/c1-13-20(14(2)28(26-13)11-15-4-6-17(22)18(23)10-15)25-21(29)19-7-5-16(30-19)12-27-9-3-8-24-27/h3-10H,11-12H2,1-2H3,(H,25,29). The molecule has 0 saturated carbocycles. The summed E-state index contributed by atoms with van der Waals surface area (Å²) in [6, 6.07) is 10.7. The molecule has 0 aliphatic carbocycles. The van der Waals surface area contributed by atoms with Gasteiger partial charge in [0.2, 0.25) is 0 Å². The smallest absolute Gasteiger partial charge is 0.291 e. The molecule has 0 bridgehead atoms. The van der Waals surface area contributed by atoms with Gasteiger partial charge >= 0.3 is 0 Å². The third-order valence-electron chi connectivity index (χ3n) is 4.70. The largest absolute Gasteiger partial charge is 0.454 e. The van der Waals surface area contributed by atoms with Gasteiger partial charge in [0.1, 0.15) is 5.76 Å². The van der Waals surface area contributed by atoms with Gasteiger partial charge in [-0.3, -0.25) is 14.2 Å². The SMILES string of the molecule is Cc1nn(Cc2ccc(Cl)c(Cl)c2)c(C)c1NC(=O)c1ccc(Cn2cccn2)o1. The van der Waals surface area contributed by atoms with Crippen LogP contribution in [0.25, 0.3) is 0 Å². The van der Waals surface area contributed by atoms with E-state index in [4.69, 9.17) is 27.6 Å². The molecule has 0 unspecified atom stereocenters. The Bertz CT molecular complexity index is 1190. The van der Waals surface area contributed by atoms with Gasteiger partial charge in [0.05, 0.1) is 40.2 Å². The summed E-state index contributed by atoms with van der Waals surface area (Å²) >= 11 is 12.1. The number of amides is 1. The van der Waals surface area contributed by atoms with Crippen molar-refractivity contribution in [3.8, 4) is 0 Å². The maximum atomic E-state index is 12.7. The highest BCUT2D eigenvalue weighted by molar-refractivity contribution is 6.42. The quantitative estimate of drug-likeness (QED) is 0.457. The second-order valence-corrected chi connectivity index (χ2v) is 7.69. The number of rotatable bonds is 6. The first kappa shape index (κ1) is 20.3. The number of nitrogens with one attached hydrogen (secondary N) is 1. The van der Waals surface area contributed by atoms with Gasteiger partial charge in [-0.25, -0.2) is 0 Å². The number of benzene rings is 1. The van der Waals surface area contributed by atoms with Crippen molar-refractivity contribution in [2.24, 2.45) is 0 Å². The summed E-state index contributed by atoms with van der Waals surface area (Å²) in [6.45, 7) is 4.71. The van der Waals surface area contributed by atoms with Crippen molar-refractivity contribution >= 4 is 34.8 Å². The molecular formula is C21H19Cl2N5O2. The molecule has 3 aromatic heterocycles. The zero-order valence-electron chi connectivity index (χ0n) is 16.4.